The van der Waals surface area contributed by atoms with E-state index in [-0.39, 0.29) is 0 Å². The standard InChI is InChI=1S/C12H13ClN2/c1-9(2)12-7-8-14-15(12)11-5-3-10(13)4-6-11/h3-9H,1-2H3. The van der Waals surface area contributed by atoms with E-state index >= 15 is 0 Å². The van der Waals surface area contributed by atoms with Crippen LogP contribution in [-0.4, -0.2) is 9.78 Å². The predicted molar refractivity (Wildman–Crippen MR) is 62.7 cm³/mol. The molecule has 1 aromatic heterocycles. The number of hydrogen-bond acceptors (Lipinski definition) is 1. The quantitative estimate of drug-likeness (QED) is 0.756. The third-order valence-corrected chi connectivity index (χ3v) is 2.59. The topological polar surface area (TPSA) is 17.8 Å². The fourth-order valence-electron chi connectivity index (χ4n) is 1.55. The molecule has 78 valence electrons. The molecule has 0 atom stereocenters. The van der Waals surface area contributed by atoms with Gasteiger partial charge in [0.15, 0.2) is 0 Å². The zero-order valence-electron chi connectivity index (χ0n) is 8.81. The first kappa shape index (κ1) is 10.2. The average Bonchev–Trinajstić information content (AvgIpc) is 2.67. The Morgan fingerprint density at radius 3 is 2.40 bits per heavy atom. The Kier molecular flexibility index (Phi) is 2.78. The molecule has 0 aliphatic rings. The molecule has 0 saturated carbocycles. The molecule has 0 spiro atoms. The van der Waals surface area contributed by atoms with Crippen LogP contribution in [0.3, 0.4) is 0 Å². The minimum atomic E-state index is 0.461. The molecule has 0 saturated heterocycles. The van der Waals surface area contributed by atoms with E-state index in [0.29, 0.717) is 5.92 Å². The summed E-state index contributed by atoms with van der Waals surface area (Å²) >= 11 is 5.85. The Morgan fingerprint density at radius 1 is 1.13 bits per heavy atom. The lowest BCUT2D eigenvalue weighted by molar-refractivity contribution is 0.734. The number of aromatic nitrogens is 2. The highest BCUT2D eigenvalue weighted by Crippen LogP contribution is 2.19. The van der Waals surface area contributed by atoms with Crippen LogP contribution < -0.4 is 0 Å². The van der Waals surface area contributed by atoms with Gasteiger partial charge in [-0.15, -0.1) is 0 Å². The number of hydrogen-bond donors (Lipinski definition) is 0. The van der Waals surface area contributed by atoms with Gasteiger partial charge in [0.05, 0.1) is 5.69 Å². The third-order valence-electron chi connectivity index (χ3n) is 2.33. The Bertz CT molecular complexity index is 443. The van der Waals surface area contributed by atoms with Gasteiger partial charge < -0.3 is 0 Å². The number of halogens is 1. The van der Waals surface area contributed by atoms with Gasteiger partial charge in [-0.25, -0.2) is 4.68 Å². The summed E-state index contributed by atoms with van der Waals surface area (Å²) in [7, 11) is 0. The van der Waals surface area contributed by atoms with Gasteiger partial charge in [0, 0.05) is 16.9 Å². The lowest BCUT2D eigenvalue weighted by atomic mass is 10.1. The van der Waals surface area contributed by atoms with Crippen LogP contribution in [0, 0.1) is 0 Å². The molecule has 0 radical (unpaired) electrons. The molecule has 0 aliphatic heterocycles. The van der Waals surface area contributed by atoms with Crippen molar-refractivity contribution in [2.75, 3.05) is 0 Å². The third kappa shape index (κ3) is 2.05. The molecule has 0 aliphatic carbocycles. The Balaban J connectivity index is 2.45. The number of benzene rings is 1. The van der Waals surface area contributed by atoms with Crippen molar-refractivity contribution in [2.45, 2.75) is 19.8 Å². The second-order valence-electron chi connectivity index (χ2n) is 3.80. The van der Waals surface area contributed by atoms with Crippen molar-refractivity contribution >= 4 is 11.6 Å². The molecule has 0 bridgehead atoms. The first-order chi connectivity index (χ1) is 7.18. The van der Waals surface area contributed by atoms with Crippen LogP contribution in [0.1, 0.15) is 25.5 Å². The SMILES string of the molecule is CC(C)c1ccnn1-c1ccc(Cl)cc1. The van der Waals surface area contributed by atoms with Gasteiger partial charge >= 0.3 is 0 Å². The first-order valence-corrected chi connectivity index (χ1v) is 5.36. The van der Waals surface area contributed by atoms with Crippen LogP contribution in [-0.2, 0) is 0 Å². The van der Waals surface area contributed by atoms with Gasteiger partial charge in [-0.3, -0.25) is 0 Å². The van der Waals surface area contributed by atoms with Gasteiger partial charge in [-0.2, -0.15) is 5.10 Å². The van der Waals surface area contributed by atoms with Crippen LogP contribution in [0.15, 0.2) is 36.5 Å². The van der Waals surface area contributed by atoms with Crippen molar-refractivity contribution in [3.8, 4) is 5.69 Å². The summed E-state index contributed by atoms with van der Waals surface area (Å²) in [6.45, 7) is 4.31. The summed E-state index contributed by atoms with van der Waals surface area (Å²) in [5, 5.41) is 5.06. The van der Waals surface area contributed by atoms with Crippen molar-refractivity contribution in [2.24, 2.45) is 0 Å². The monoisotopic (exact) mass is 220 g/mol. The van der Waals surface area contributed by atoms with Gasteiger partial charge in [-0.05, 0) is 36.2 Å². The van der Waals surface area contributed by atoms with Crippen molar-refractivity contribution in [1.29, 1.82) is 0 Å². The number of nitrogens with zero attached hydrogens (tertiary/aromatic N) is 2. The minimum absolute atomic E-state index is 0.461. The highest BCUT2D eigenvalue weighted by Gasteiger charge is 2.07. The van der Waals surface area contributed by atoms with E-state index in [0.717, 1.165) is 10.7 Å². The molecule has 15 heavy (non-hydrogen) atoms. The van der Waals surface area contributed by atoms with E-state index in [1.807, 2.05) is 41.2 Å². The van der Waals surface area contributed by atoms with E-state index in [2.05, 4.69) is 18.9 Å². The molecular weight excluding hydrogens is 208 g/mol. The van der Waals surface area contributed by atoms with Gasteiger partial charge in [0.2, 0.25) is 0 Å². The lowest BCUT2D eigenvalue weighted by Gasteiger charge is -2.09. The molecule has 2 rings (SSSR count). The summed E-state index contributed by atoms with van der Waals surface area (Å²) in [5.74, 6) is 0.461. The largest absolute Gasteiger partial charge is 0.238 e. The second kappa shape index (κ2) is 4.07. The Labute approximate surface area is 94.5 Å². The molecule has 0 fully saturated rings. The van der Waals surface area contributed by atoms with Crippen LogP contribution in [0.25, 0.3) is 5.69 Å². The molecule has 0 amide bonds. The van der Waals surface area contributed by atoms with Gasteiger partial charge in [0.25, 0.3) is 0 Å². The van der Waals surface area contributed by atoms with Crippen molar-refractivity contribution in [3.05, 3.63) is 47.2 Å². The Morgan fingerprint density at radius 2 is 1.80 bits per heavy atom. The average molecular weight is 221 g/mol. The number of rotatable bonds is 2. The molecule has 3 heteroatoms. The zero-order chi connectivity index (χ0) is 10.8. The normalized spacial score (nSPS) is 10.9. The van der Waals surface area contributed by atoms with Gasteiger partial charge in [-0.1, -0.05) is 25.4 Å². The molecule has 2 aromatic rings. The van der Waals surface area contributed by atoms with Crippen molar-refractivity contribution in [1.82, 2.24) is 9.78 Å². The molecule has 2 nitrogen and oxygen atoms in total. The molecule has 0 unspecified atom stereocenters. The van der Waals surface area contributed by atoms with Crippen LogP contribution in [0.5, 0.6) is 0 Å². The molecule has 1 heterocycles. The van der Waals surface area contributed by atoms with E-state index < -0.39 is 0 Å². The zero-order valence-corrected chi connectivity index (χ0v) is 9.57. The summed E-state index contributed by atoms with van der Waals surface area (Å²) in [6.07, 6.45) is 1.82. The second-order valence-corrected chi connectivity index (χ2v) is 4.24. The maximum atomic E-state index is 5.85. The van der Waals surface area contributed by atoms with E-state index in [4.69, 9.17) is 11.6 Å². The van der Waals surface area contributed by atoms with Crippen LogP contribution in [0.4, 0.5) is 0 Å². The maximum absolute atomic E-state index is 5.85. The Hall–Kier alpha value is -1.28. The summed E-state index contributed by atoms with van der Waals surface area (Å²) in [5.41, 5.74) is 2.26. The predicted octanol–water partition coefficient (Wildman–Crippen LogP) is 3.65. The minimum Gasteiger partial charge on any atom is -0.238 e. The summed E-state index contributed by atoms with van der Waals surface area (Å²) in [4.78, 5) is 0. The van der Waals surface area contributed by atoms with E-state index in [1.54, 1.807) is 0 Å². The summed E-state index contributed by atoms with van der Waals surface area (Å²) < 4.78 is 1.95. The van der Waals surface area contributed by atoms with E-state index in [1.165, 1.54) is 5.69 Å². The highest BCUT2D eigenvalue weighted by atomic mass is 35.5. The van der Waals surface area contributed by atoms with Crippen LogP contribution >= 0.6 is 11.6 Å². The molecule has 0 N–H and O–H groups in total. The van der Waals surface area contributed by atoms with Crippen LogP contribution in [0.2, 0.25) is 5.02 Å². The highest BCUT2D eigenvalue weighted by molar-refractivity contribution is 6.30. The van der Waals surface area contributed by atoms with Crippen molar-refractivity contribution in [3.63, 3.8) is 0 Å². The van der Waals surface area contributed by atoms with Gasteiger partial charge in [0.1, 0.15) is 0 Å². The first-order valence-electron chi connectivity index (χ1n) is 4.98. The maximum Gasteiger partial charge on any atom is 0.0649 e. The summed E-state index contributed by atoms with van der Waals surface area (Å²) in [6, 6.07) is 9.74. The van der Waals surface area contributed by atoms with Crippen molar-refractivity contribution < 1.29 is 0 Å². The molecule has 1 aromatic carbocycles. The fraction of sp³-hybridized carbons (Fsp3) is 0.250. The lowest BCUT2D eigenvalue weighted by Crippen LogP contribution is -2.03. The van der Waals surface area contributed by atoms with E-state index in [9.17, 15) is 0 Å². The smallest absolute Gasteiger partial charge is 0.0649 e. The fourth-order valence-corrected chi connectivity index (χ4v) is 1.67. The molecular formula is C12H13ClN2.